The summed E-state index contributed by atoms with van der Waals surface area (Å²) < 4.78 is 27.1. The van der Waals surface area contributed by atoms with Crippen LogP contribution in [0.15, 0.2) is 23.1 Å². The molecule has 0 saturated carbocycles. The summed E-state index contributed by atoms with van der Waals surface area (Å²) in [5.74, 6) is 0.224. The molecule has 1 unspecified atom stereocenters. The average molecular weight is 285 g/mol. The van der Waals surface area contributed by atoms with Crippen molar-refractivity contribution in [3.05, 3.63) is 29.3 Å². The highest BCUT2D eigenvalue weighted by Gasteiger charge is 2.20. The topological polar surface area (TPSA) is 66.4 Å². The first-order valence-electron chi connectivity index (χ1n) is 6.56. The number of aliphatic hydroxyl groups excluding tert-OH is 1. The van der Waals surface area contributed by atoms with Gasteiger partial charge in [0, 0.05) is 6.04 Å². The Labute approximate surface area is 115 Å². The van der Waals surface area contributed by atoms with Crippen molar-refractivity contribution >= 4 is 10.0 Å². The quantitative estimate of drug-likeness (QED) is 0.841. The minimum Gasteiger partial charge on any atom is -0.392 e. The van der Waals surface area contributed by atoms with E-state index in [0.717, 1.165) is 12.0 Å². The van der Waals surface area contributed by atoms with Crippen LogP contribution in [-0.2, 0) is 23.1 Å². The summed E-state index contributed by atoms with van der Waals surface area (Å²) in [7, 11) is -3.52. The van der Waals surface area contributed by atoms with E-state index in [1.54, 1.807) is 18.2 Å². The molecule has 0 heterocycles. The van der Waals surface area contributed by atoms with Crippen LogP contribution in [0.5, 0.6) is 0 Å². The number of hydrogen-bond donors (Lipinski definition) is 2. The van der Waals surface area contributed by atoms with Crippen molar-refractivity contribution in [2.45, 2.75) is 51.7 Å². The molecule has 1 aromatic carbocycles. The molecule has 0 aliphatic rings. The Balaban J connectivity index is 3.08. The van der Waals surface area contributed by atoms with E-state index in [0.29, 0.717) is 5.56 Å². The first kappa shape index (κ1) is 16.1. The van der Waals surface area contributed by atoms with Crippen LogP contribution in [-0.4, -0.2) is 19.6 Å². The number of rotatable bonds is 6. The smallest absolute Gasteiger partial charge is 0.240 e. The lowest BCUT2D eigenvalue weighted by molar-refractivity contribution is 0.280. The number of hydrogen-bond acceptors (Lipinski definition) is 3. The number of nitrogens with one attached hydrogen (secondary N) is 1. The summed E-state index contributed by atoms with van der Waals surface area (Å²) in [6.45, 7) is 7.60. The summed E-state index contributed by atoms with van der Waals surface area (Å²) in [6.07, 6.45) is 0.770. The second-order valence-corrected chi connectivity index (χ2v) is 6.81. The highest BCUT2D eigenvalue weighted by Crippen LogP contribution is 2.18. The van der Waals surface area contributed by atoms with Gasteiger partial charge in [0.15, 0.2) is 0 Å². The Morgan fingerprint density at radius 1 is 1.21 bits per heavy atom. The molecule has 0 aliphatic heterocycles. The van der Waals surface area contributed by atoms with E-state index in [-0.39, 0.29) is 23.5 Å². The van der Waals surface area contributed by atoms with E-state index in [2.05, 4.69) is 4.72 Å². The molecule has 2 N–H and O–H groups in total. The molecular weight excluding hydrogens is 262 g/mol. The molecule has 0 radical (unpaired) electrons. The summed E-state index contributed by atoms with van der Waals surface area (Å²) >= 11 is 0. The first-order valence-corrected chi connectivity index (χ1v) is 8.05. The second-order valence-electron chi connectivity index (χ2n) is 5.10. The van der Waals surface area contributed by atoms with Crippen LogP contribution in [0.25, 0.3) is 0 Å². The first-order chi connectivity index (χ1) is 8.81. The van der Waals surface area contributed by atoms with Gasteiger partial charge in [-0.3, -0.25) is 0 Å². The lowest BCUT2D eigenvalue weighted by atomic mass is 10.1. The van der Waals surface area contributed by atoms with E-state index in [4.69, 9.17) is 0 Å². The van der Waals surface area contributed by atoms with Crippen LogP contribution in [0.2, 0.25) is 0 Å². The standard InChI is InChI=1S/C14H23NO3S/c1-5-12-6-7-14(8-13(12)9-16)19(17,18)15-11(4)10(2)3/h6-8,10-11,15-16H,5,9H2,1-4H3. The van der Waals surface area contributed by atoms with Crippen molar-refractivity contribution in [1.29, 1.82) is 0 Å². The van der Waals surface area contributed by atoms with E-state index in [1.165, 1.54) is 0 Å². The van der Waals surface area contributed by atoms with Crippen molar-refractivity contribution in [3.8, 4) is 0 Å². The minimum atomic E-state index is -3.52. The Morgan fingerprint density at radius 3 is 2.32 bits per heavy atom. The monoisotopic (exact) mass is 285 g/mol. The van der Waals surface area contributed by atoms with Crippen molar-refractivity contribution in [2.75, 3.05) is 0 Å². The predicted molar refractivity (Wildman–Crippen MR) is 76.4 cm³/mol. The molecule has 5 heteroatoms. The van der Waals surface area contributed by atoms with Gasteiger partial charge in [0.2, 0.25) is 10.0 Å². The second kappa shape index (κ2) is 6.50. The zero-order chi connectivity index (χ0) is 14.6. The molecule has 0 spiro atoms. The average Bonchev–Trinajstić information content (AvgIpc) is 2.37. The van der Waals surface area contributed by atoms with Crippen LogP contribution in [0.1, 0.15) is 38.8 Å². The summed E-state index contributed by atoms with van der Waals surface area (Å²) in [6, 6.07) is 4.77. The number of sulfonamides is 1. The highest BCUT2D eigenvalue weighted by molar-refractivity contribution is 7.89. The van der Waals surface area contributed by atoms with Crippen LogP contribution >= 0.6 is 0 Å². The number of aliphatic hydroxyl groups is 1. The van der Waals surface area contributed by atoms with Gasteiger partial charge in [-0.15, -0.1) is 0 Å². The minimum absolute atomic E-state index is 0.131. The Hall–Kier alpha value is -0.910. The third kappa shape index (κ3) is 4.03. The SMILES string of the molecule is CCc1ccc(S(=O)(=O)NC(C)C(C)C)cc1CO. The van der Waals surface area contributed by atoms with Crippen molar-refractivity contribution in [3.63, 3.8) is 0 Å². The lowest BCUT2D eigenvalue weighted by Crippen LogP contribution is -2.36. The molecule has 0 saturated heterocycles. The van der Waals surface area contributed by atoms with Gasteiger partial charge in [0.25, 0.3) is 0 Å². The molecular formula is C14H23NO3S. The van der Waals surface area contributed by atoms with E-state index in [1.807, 2.05) is 27.7 Å². The maximum absolute atomic E-state index is 12.2. The van der Waals surface area contributed by atoms with Gasteiger partial charge in [-0.2, -0.15) is 0 Å². The molecule has 0 amide bonds. The van der Waals surface area contributed by atoms with Crippen LogP contribution < -0.4 is 4.72 Å². The Morgan fingerprint density at radius 2 is 1.84 bits per heavy atom. The molecule has 0 aliphatic carbocycles. The van der Waals surface area contributed by atoms with Gasteiger partial charge in [-0.25, -0.2) is 13.1 Å². The number of aryl methyl sites for hydroxylation is 1. The van der Waals surface area contributed by atoms with Crippen molar-refractivity contribution in [1.82, 2.24) is 4.72 Å². The fourth-order valence-corrected chi connectivity index (χ4v) is 3.15. The Kier molecular flexibility index (Phi) is 5.52. The molecule has 1 aromatic rings. The zero-order valence-corrected chi connectivity index (χ0v) is 12.8. The molecule has 108 valence electrons. The molecule has 0 aromatic heterocycles. The van der Waals surface area contributed by atoms with E-state index in [9.17, 15) is 13.5 Å². The van der Waals surface area contributed by atoms with E-state index < -0.39 is 10.0 Å². The predicted octanol–water partition coefficient (Wildman–Crippen LogP) is 2.06. The number of benzene rings is 1. The summed E-state index contributed by atoms with van der Waals surface area (Å²) in [5, 5.41) is 9.29. The molecule has 1 atom stereocenters. The molecule has 0 fully saturated rings. The maximum Gasteiger partial charge on any atom is 0.240 e. The van der Waals surface area contributed by atoms with Gasteiger partial charge in [0.05, 0.1) is 11.5 Å². The zero-order valence-electron chi connectivity index (χ0n) is 12.0. The van der Waals surface area contributed by atoms with Crippen molar-refractivity contribution in [2.24, 2.45) is 5.92 Å². The molecule has 1 rings (SSSR count). The van der Waals surface area contributed by atoms with E-state index >= 15 is 0 Å². The summed E-state index contributed by atoms with van der Waals surface area (Å²) in [4.78, 5) is 0.209. The van der Waals surface area contributed by atoms with Gasteiger partial charge in [0.1, 0.15) is 0 Å². The largest absolute Gasteiger partial charge is 0.392 e. The van der Waals surface area contributed by atoms with Gasteiger partial charge >= 0.3 is 0 Å². The lowest BCUT2D eigenvalue weighted by Gasteiger charge is -2.18. The fourth-order valence-electron chi connectivity index (χ4n) is 1.71. The van der Waals surface area contributed by atoms with Gasteiger partial charge in [-0.1, -0.05) is 26.8 Å². The molecule has 0 bridgehead atoms. The summed E-state index contributed by atoms with van der Waals surface area (Å²) in [5.41, 5.74) is 1.64. The van der Waals surface area contributed by atoms with Crippen LogP contribution in [0.4, 0.5) is 0 Å². The third-order valence-electron chi connectivity index (χ3n) is 3.38. The highest BCUT2D eigenvalue weighted by atomic mass is 32.2. The van der Waals surface area contributed by atoms with Gasteiger partial charge in [-0.05, 0) is 42.5 Å². The van der Waals surface area contributed by atoms with Gasteiger partial charge < -0.3 is 5.11 Å². The molecule has 4 nitrogen and oxygen atoms in total. The third-order valence-corrected chi connectivity index (χ3v) is 4.94. The van der Waals surface area contributed by atoms with Crippen molar-refractivity contribution < 1.29 is 13.5 Å². The fraction of sp³-hybridized carbons (Fsp3) is 0.571. The molecule has 19 heavy (non-hydrogen) atoms. The Bertz CT molecular complexity index is 523. The normalized spacial score (nSPS) is 13.8. The van der Waals surface area contributed by atoms with Crippen LogP contribution in [0.3, 0.4) is 0 Å². The maximum atomic E-state index is 12.2. The van der Waals surface area contributed by atoms with Crippen LogP contribution in [0, 0.1) is 5.92 Å².